The monoisotopic (exact) mass is 1260 g/mol. The molecule has 2 atom stereocenters. The molecule has 0 aromatic carbocycles. The number of phosphoric ester groups is 1. The van der Waals surface area contributed by atoms with E-state index < -0.39 is 32.5 Å². The molecule has 0 amide bonds. The van der Waals surface area contributed by atoms with Crippen LogP contribution in [-0.2, 0) is 32.7 Å². The summed E-state index contributed by atoms with van der Waals surface area (Å²) in [4.78, 5) is 38.1. The van der Waals surface area contributed by atoms with Crippen LogP contribution in [0.1, 0.15) is 245 Å². The predicted octanol–water partition coefficient (Wildman–Crippen LogP) is 22.6. The highest BCUT2D eigenvalue weighted by atomic mass is 31.2. The first-order valence-electron chi connectivity index (χ1n) is 35.1. The summed E-state index contributed by atoms with van der Waals surface area (Å²) in [5, 5.41) is 0. The van der Waals surface area contributed by atoms with E-state index in [1.165, 1.54) is 38.5 Å². The van der Waals surface area contributed by atoms with Crippen LogP contribution in [-0.4, -0.2) is 70.0 Å². The van der Waals surface area contributed by atoms with Crippen LogP contribution in [0.4, 0.5) is 0 Å². The molecular weight excluding hydrogens is 1130 g/mol. The third-order valence-electron chi connectivity index (χ3n) is 14.1. The van der Waals surface area contributed by atoms with Gasteiger partial charge in [0.25, 0.3) is 7.82 Å². The Morgan fingerprint density at radius 2 is 0.600 bits per heavy atom. The molecule has 90 heavy (non-hydrogen) atoms. The van der Waals surface area contributed by atoms with Gasteiger partial charge >= 0.3 is 11.9 Å². The lowest BCUT2D eigenvalue weighted by Crippen LogP contribution is -2.37. The molecule has 0 aromatic heterocycles. The van der Waals surface area contributed by atoms with Crippen LogP contribution < -0.4 is 4.89 Å². The number of unbranched alkanes of at least 4 members (excludes halogenated alkanes) is 16. The highest BCUT2D eigenvalue weighted by Crippen LogP contribution is 2.38. The minimum atomic E-state index is -4.66. The van der Waals surface area contributed by atoms with Crippen molar-refractivity contribution in [1.82, 2.24) is 0 Å². The zero-order valence-corrected chi connectivity index (χ0v) is 58.4. The second kappa shape index (κ2) is 68.2. The third kappa shape index (κ3) is 71.9. The van der Waals surface area contributed by atoms with Gasteiger partial charge in [0.1, 0.15) is 19.8 Å². The molecule has 0 heterocycles. The third-order valence-corrected chi connectivity index (χ3v) is 15.1. The minimum absolute atomic E-state index is 0.0447. The Morgan fingerprint density at radius 1 is 0.344 bits per heavy atom. The van der Waals surface area contributed by atoms with Crippen molar-refractivity contribution < 1.29 is 42.1 Å². The molecule has 9 nitrogen and oxygen atoms in total. The fourth-order valence-corrected chi connectivity index (χ4v) is 9.53. The van der Waals surface area contributed by atoms with E-state index >= 15 is 0 Å². The van der Waals surface area contributed by atoms with Crippen molar-refractivity contribution in [3.05, 3.63) is 194 Å². The van der Waals surface area contributed by atoms with E-state index in [9.17, 15) is 19.0 Å². The number of phosphoric acid groups is 1. The number of ether oxygens (including phenoxy) is 2. The van der Waals surface area contributed by atoms with Crippen molar-refractivity contribution in [1.29, 1.82) is 0 Å². The number of allylic oxidation sites excluding steroid dienone is 32. The molecule has 0 aliphatic heterocycles. The normalized spacial score (nSPS) is 14.3. The molecule has 0 saturated carbocycles. The maximum Gasteiger partial charge on any atom is 0.306 e. The highest BCUT2D eigenvalue weighted by Gasteiger charge is 2.22. The lowest BCUT2D eigenvalue weighted by atomic mass is 10.0. The lowest BCUT2D eigenvalue weighted by molar-refractivity contribution is -0.870. The van der Waals surface area contributed by atoms with Crippen LogP contribution in [0.15, 0.2) is 194 Å². The highest BCUT2D eigenvalue weighted by molar-refractivity contribution is 7.45. The van der Waals surface area contributed by atoms with Crippen molar-refractivity contribution in [3.8, 4) is 0 Å². The van der Waals surface area contributed by atoms with Crippen molar-refractivity contribution in [2.45, 2.75) is 251 Å². The average molecular weight is 1260 g/mol. The number of esters is 2. The number of quaternary nitrogens is 1. The summed E-state index contributed by atoms with van der Waals surface area (Å²) < 4.78 is 34.3. The topological polar surface area (TPSA) is 111 Å². The summed E-state index contributed by atoms with van der Waals surface area (Å²) in [6, 6.07) is 0. The van der Waals surface area contributed by atoms with Crippen molar-refractivity contribution in [2.24, 2.45) is 0 Å². The fraction of sp³-hybridized carbons (Fsp3) is 0.575. The fourth-order valence-electron chi connectivity index (χ4n) is 8.80. The Hall–Kier alpha value is -5.15. The van der Waals surface area contributed by atoms with Gasteiger partial charge in [-0.1, -0.05) is 285 Å². The van der Waals surface area contributed by atoms with Crippen LogP contribution in [0.2, 0.25) is 0 Å². The molecule has 0 rings (SSSR count). The Balaban J connectivity index is 4.15. The molecule has 2 unspecified atom stereocenters. The van der Waals surface area contributed by atoms with Gasteiger partial charge in [0, 0.05) is 12.8 Å². The Labute approximate surface area is 552 Å². The average Bonchev–Trinajstić information content (AvgIpc) is 3.62. The van der Waals surface area contributed by atoms with Crippen LogP contribution in [0.3, 0.4) is 0 Å². The number of nitrogens with zero attached hydrogens (tertiary/aromatic N) is 1. The van der Waals surface area contributed by atoms with E-state index in [1.807, 2.05) is 21.1 Å². The maximum atomic E-state index is 12.9. The van der Waals surface area contributed by atoms with E-state index in [0.717, 1.165) is 167 Å². The van der Waals surface area contributed by atoms with Crippen molar-refractivity contribution in [3.63, 3.8) is 0 Å². The van der Waals surface area contributed by atoms with Crippen LogP contribution in [0.5, 0.6) is 0 Å². The second-order valence-electron chi connectivity index (χ2n) is 23.8. The molecule has 506 valence electrons. The number of carbonyl (C=O) groups is 2. The first-order valence-corrected chi connectivity index (χ1v) is 36.6. The predicted molar refractivity (Wildman–Crippen MR) is 387 cm³/mol. The Kier molecular flexibility index (Phi) is 64.3. The van der Waals surface area contributed by atoms with Gasteiger partial charge in [-0.15, -0.1) is 0 Å². The van der Waals surface area contributed by atoms with E-state index in [0.29, 0.717) is 23.9 Å². The lowest BCUT2D eigenvalue weighted by Gasteiger charge is -2.28. The molecular formula is C80H128NO8P. The quantitative estimate of drug-likeness (QED) is 0.0195. The smallest absolute Gasteiger partial charge is 0.306 e. The summed E-state index contributed by atoms with van der Waals surface area (Å²) in [5.74, 6) is -0.868. The number of hydrogen-bond acceptors (Lipinski definition) is 8. The second-order valence-corrected chi connectivity index (χ2v) is 25.2. The minimum Gasteiger partial charge on any atom is -0.756 e. The SMILES string of the molecule is CC/C=C\C/C=C\C/C=C\C/C=C\C/C=C\C/C=C\C/C=C\C/C=C\C/C=C\C/C=C\CCCCCCCCCCCCC(=O)OC(COC(=O)CCCCCCCC/C=C\C/C=C\C/C=C\C/C=C\C/C=C\C/C=C\CC)COP(=O)([O-])OCC[N+](C)(C)C. The zero-order chi connectivity index (χ0) is 65.5. The number of rotatable bonds is 62. The molecule has 0 aromatic rings. The van der Waals surface area contributed by atoms with E-state index in [1.54, 1.807) is 0 Å². The maximum absolute atomic E-state index is 12.9. The molecule has 10 heteroatoms. The zero-order valence-electron chi connectivity index (χ0n) is 57.5. The van der Waals surface area contributed by atoms with Gasteiger partial charge < -0.3 is 27.9 Å². The summed E-state index contributed by atoms with van der Waals surface area (Å²) >= 11 is 0. The van der Waals surface area contributed by atoms with E-state index in [4.69, 9.17) is 18.5 Å². The molecule has 0 bridgehead atoms. The Morgan fingerprint density at radius 3 is 0.889 bits per heavy atom. The van der Waals surface area contributed by atoms with Gasteiger partial charge in [0.05, 0.1) is 27.7 Å². The van der Waals surface area contributed by atoms with Crippen molar-refractivity contribution in [2.75, 3.05) is 47.5 Å². The van der Waals surface area contributed by atoms with Gasteiger partial charge in [-0.05, 0) is 141 Å². The Bertz CT molecular complexity index is 2220. The molecule has 0 N–H and O–H groups in total. The molecule has 0 aliphatic carbocycles. The van der Waals surface area contributed by atoms with Gasteiger partial charge in [0.2, 0.25) is 0 Å². The summed E-state index contributed by atoms with van der Waals surface area (Å²) in [6.45, 7) is 3.97. The van der Waals surface area contributed by atoms with Crippen LogP contribution in [0, 0.1) is 0 Å². The largest absolute Gasteiger partial charge is 0.756 e. The van der Waals surface area contributed by atoms with Crippen LogP contribution >= 0.6 is 7.82 Å². The first kappa shape index (κ1) is 84.8. The van der Waals surface area contributed by atoms with E-state index in [-0.39, 0.29) is 26.1 Å². The van der Waals surface area contributed by atoms with Gasteiger partial charge in [-0.25, -0.2) is 0 Å². The van der Waals surface area contributed by atoms with Gasteiger partial charge in [0.15, 0.2) is 6.10 Å². The summed E-state index contributed by atoms with van der Waals surface area (Å²) in [5.41, 5.74) is 0. The number of likely N-dealkylation sites (N-methyl/N-ethyl adjacent to an activating group) is 1. The van der Waals surface area contributed by atoms with Gasteiger partial charge in [-0.2, -0.15) is 0 Å². The van der Waals surface area contributed by atoms with Crippen LogP contribution in [0.25, 0.3) is 0 Å². The number of carbonyl (C=O) groups excluding carboxylic acids is 2. The first-order chi connectivity index (χ1) is 44.0. The van der Waals surface area contributed by atoms with Crippen molar-refractivity contribution >= 4 is 19.8 Å². The van der Waals surface area contributed by atoms with Gasteiger partial charge in [-0.3, -0.25) is 14.2 Å². The standard InChI is InChI=1S/C80H128NO8P/c1-6-8-10-12-14-16-18-20-22-24-26-28-30-32-33-34-35-36-37-38-39-40-41-42-43-44-45-46-47-49-51-53-55-57-59-61-63-65-67-69-71-73-80(83)89-78(77-88-90(84,85)87-75-74-81(3,4)5)76-86-79(82)72-70-68-66-64-62-60-58-56-54-52-50-48-31-29-27-25-23-21-19-17-15-13-11-9-7-2/h8-11,14-17,20-23,26-29,32-33,35-36,38-39,41-42,44-45,47-50,54,56,78H,6-7,12-13,18-19,24-25,30-31,34,37,40,43,46,51-53,55,57-77H2,1-5H3/b10-8-,11-9-,16-14-,17-15-,22-20-,23-21-,28-26-,29-27-,33-32-,36-35-,39-38-,42-41-,45-44-,49-47-,50-48-,56-54-. The summed E-state index contributed by atoms with van der Waals surface area (Å²) in [7, 11) is 1.13. The van der Waals surface area contributed by atoms with E-state index in [2.05, 4.69) is 208 Å². The molecule has 0 spiro atoms. The molecule has 0 aliphatic rings. The molecule has 0 saturated heterocycles. The number of hydrogen-bond donors (Lipinski definition) is 0. The summed E-state index contributed by atoms with van der Waals surface area (Å²) in [6.07, 6.45) is 106. The molecule has 0 fully saturated rings. The molecule has 0 radical (unpaired) electrons.